The summed E-state index contributed by atoms with van der Waals surface area (Å²) in [5.74, 6) is -0.547. The van der Waals surface area contributed by atoms with Gasteiger partial charge in [0.2, 0.25) is 0 Å². The third kappa shape index (κ3) is 5.38. The zero-order chi connectivity index (χ0) is 21.0. The van der Waals surface area contributed by atoms with E-state index in [-0.39, 0.29) is 16.3 Å². The van der Waals surface area contributed by atoms with E-state index in [0.717, 1.165) is 0 Å². The van der Waals surface area contributed by atoms with Crippen molar-refractivity contribution in [2.75, 3.05) is 4.72 Å². The van der Waals surface area contributed by atoms with Gasteiger partial charge in [0.15, 0.2) is 5.75 Å². The number of anilines is 1. The molecule has 0 saturated carbocycles. The summed E-state index contributed by atoms with van der Waals surface area (Å²) in [6, 6.07) is 12.2. The minimum absolute atomic E-state index is 0.0265. The third-order valence-electron chi connectivity index (χ3n) is 3.61. The highest BCUT2D eigenvalue weighted by molar-refractivity contribution is 7.92. The Labute approximate surface area is 177 Å². The van der Waals surface area contributed by atoms with Crippen LogP contribution in [-0.4, -0.2) is 19.4 Å². The molecule has 0 bridgehead atoms. The first kappa shape index (κ1) is 20.9. The predicted molar refractivity (Wildman–Crippen MR) is 109 cm³/mol. The molecule has 1 N–H and O–H groups in total. The van der Waals surface area contributed by atoms with Gasteiger partial charge >= 0.3 is 5.97 Å². The highest BCUT2D eigenvalue weighted by atomic mass is 35.5. The van der Waals surface area contributed by atoms with Crippen molar-refractivity contribution in [1.82, 2.24) is 4.98 Å². The average molecular weight is 453 g/mol. The zero-order valence-corrected chi connectivity index (χ0v) is 17.3. The van der Waals surface area contributed by atoms with Gasteiger partial charge in [-0.1, -0.05) is 23.2 Å². The van der Waals surface area contributed by atoms with Gasteiger partial charge in [-0.15, -0.1) is 0 Å². The Morgan fingerprint density at radius 3 is 2.41 bits per heavy atom. The average Bonchev–Trinajstić information content (AvgIpc) is 2.66. The summed E-state index contributed by atoms with van der Waals surface area (Å²) in [6.07, 6.45) is 2.68. The Morgan fingerprint density at radius 2 is 1.79 bits per heavy atom. The van der Waals surface area contributed by atoms with Crippen molar-refractivity contribution in [3.8, 4) is 16.9 Å². The van der Waals surface area contributed by atoms with E-state index in [2.05, 4.69) is 14.6 Å². The second kappa shape index (κ2) is 8.69. The summed E-state index contributed by atoms with van der Waals surface area (Å²) in [5.41, 5.74) is 1.22. The van der Waals surface area contributed by atoms with Gasteiger partial charge in [-0.05, 0) is 48.0 Å². The monoisotopic (exact) mass is 452 g/mol. The lowest BCUT2D eigenvalue weighted by atomic mass is 10.0. The van der Waals surface area contributed by atoms with Crippen molar-refractivity contribution in [3.63, 3.8) is 0 Å². The van der Waals surface area contributed by atoms with Crippen molar-refractivity contribution in [2.45, 2.75) is 11.8 Å². The van der Waals surface area contributed by atoms with Crippen LogP contribution in [0.15, 0.2) is 65.8 Å². The maximum Gasteiger partial charge on any atom is 0.352 e. The van der Waals surface area contributed by atoms with E-state index in [1.165, 1.54) is 43.6 Å². The number of sulfonamides is 1. The van der Waals surface area contributed by atoms with Gasteiger partial charge in [0.1, 0.15) is 4.90 Å². The number of halogens is 2. The summed E-state index contributed by atoms with van der Waals surface area (Å²) in [7, 11) is -3.95. The van der Waals surface area contributed by atoms with E-state index in [9.17, 15) is 13.2 Å². The first-order valence-corrected chi connectivity index (χ1v) is 10.4. The number of carbonyl (C=O) groups is 1. The van der Waals surface area contributed by atoms with E-state index in [4.69, 9.17) is 28.1 Å². The Hall–Kier alpha value is -2.81. The van der Waals surface area contributed by atoms with Crippen LogP contribution in [0.25, 0.3) is 11.1 Å². The van der Waals surface area contributed by atoms with Crippen molar-refractivity contribution >= 4 is 44.9 Å². The molecule has 0 aliphatic carbocycles. The van der Waals surface area contributed by atoms with E-state index >= 15 is 0 Å². The molecule has 1 heterocycles. The number of rotatable bonds is 6. The van der Waals surface area contributed by atoms with Crippen LogP contribution in [0.4, 0.5) is 5.69 Å². The molecular weight excluding hydrogens is 439 g/mol. The van der Waals surface area contributed by atoms with E-state index in [0.29, 0.717) is 21.2 Å². The Morgan fingerprint density at radius 1 is 1.07 bits per heavy atom. The van der Waals surface area contributed by atoms with Crippen LogP contribution in [0.3, 0.4) is 0 Å². The molecule has 10 heteroatoms. The van der Waals surface area contributed by atoms with Gasteiger partial charge in [0.25, 0.3) is 10.0 Å². The SMILES string of the molecule is CC(=O)OOc1ccc(-c2cc(Cl)cc(Cl)c2)c(NS(=O)(=O)c2cccnc2)c1. The van der Waals surface area contributed by atoms with Crippen LogP contribution >= 0.6 is 23.2 Å². The summed E-state index contributed by atoms with van der Waals surface area (Å²) < 4.78 is 28.0. The smallest absolute Gasteiger partial charge is 0.287 e. The van der Waals surface area contributed by atoms with Crippen LogP contribution < -0.4 is 9.61 Å². The maximum absolute atomic E-state index is 12.8. The Bertz CT molecular complexity index is 1130. The molecule has 150 valence electrons. The summed E-state index contributed by atoms with van der Waals surface area (Å²) in [5, 5.41) is 0.766. The van der Waals surface area contributed by atoms with Gasteiger partial charge < -0.3 is 0 Å². The van der Waals surface area contributed by atoms with Gasteiger partial charge in [-0.2, -0.15) is 0 Å². The van der Waals surface area contributed by atoms with Gasteiger partial charge in [0, 0.05) is 41.0 Å². The lowest BCUT2D eigenvalue weighted by Crippen LogP contribution is -2.14. The fourth-order valence-corrected chi connectivity index (χ4v) is 4.00. The number of nitrogens with zero attached hydrogens (tertiary/aromatic N) is 1. The molecule has 0 saturated heterocycles. The first-order valence-electron chi connectivity index (χ1n) is 8.13. The molecule has 0 amide bonds. The molecule has 0 unspecified atom stereocenters. The standard InChI is InChI=1S/C19H14Cl2N2O5S/c1-12(24)27-28-16-4-5-18(13-7-14(20)9-15(21)8-13)19(10-16)23-29(25,26)17-3-2-6-22-11-17/h2-11,23H,1H3. The lowest BCUT2D eigenvalue weighted by molar-refractivity contribution is -0.210. The number of nitrogens with one attached hydrogen (secondary N) is 1. The number of carbonyl (C=O) groups excluding carboxylic acids is 1. The van der Waals surface area contributed by atoms with Crippen LogP contribution in [-0.2, 0) is 19.7 Å². The highest BCUT2D eigenvalue weighted by Crippen LogP contribution is 2.35. The Kier molecular flexibility index (Phi) is 6.26. The highest BCUT2D eigenvalue weighted by Gasteiger charge is 2.18. The Balaban J connectivity index is 2.07. The number of pyridine rings is 1. The molecular formula is C19H14Cl2N2O5S. The summed E-state index contributed by atoms with van der Waals surface area (Å²) in [4.78, 5) is 24.2. The molecule has 0 aliphatic rings. The molecule has 0 fully saturated rings. The van der Waals surface area contributed by atoms with Crippen LogP contribution in [0.2, 0.25) is 10.0 Å². The molecule has 2 aromatic carbocycles. The predicted octanol–water partition coefficient (Wildman–Crippen LogP) is 4.71. The number of hydrogen-bond donors (Lipinski definition) is 1. The molecule has 29 heavy (non-hydrogen) atoms. The minimum Gasteiger partial charge on any atom is -0.287 e. The van der Waals surface area contributed by atoms with E-state index < -0.39 is 16.0 Å². The van der Waals surface area contributed by atoms with Gasteiger partial charge in [0.05, 0.1) is 5.69 Å². The largest absolute Gasteiger partial charge is 0.352 e. The van der Waals surface area contributed by atoms with Crippen LogP contribution in [0, 0.1) is 0 Å². The van der Waals surface area contributed by atoms with Crippen molar-refractivity contribution in [3.05, 3.63) is 71.0 Å². The van der Waals surface area contributed by atoms with Crippen molar-refractivity contribution in [2.24, 2.45) is 0 Å². The minimum atomic E-state index is -3.95. The number of benzene rings is 2. The van der Waals surface area contributed by atoms with E-state index in [1.807, 2.05) is 0 Å². The van der Waals surface area contributed by atoms with Crippen LogP contribution in [0.5, 0.6) is 5.75 Å². The number of hydrogen-bond acceptors (Lipinski definition) is 6. The molecule has 0 spiro atoms. The fourth-order valence-electron chi connectivity index (χ4n) is 2.44. The molecule has 0 atom stereocenters. The molecule has 3 rings (SSSR count). The molecule has 0 aliphatic heterocycles. The first-order chi connectivity index (χ1) is 13.7. The summed E-state index contributed by atoms with van der Waals surface area (Å²) in [6.45, 7) is 1.17. The van der Waals surface area contributed by atoms with Crippen molar-refractivity contribution in [1.29, 1.82) is 0 Å². The normalized spacial score (nSPS) is 11.0. The van der Waals surface area contributed by atoms with E-state index in [1.54, 1.807) is 24.3 Å². The quantitative estimate of drug-likeness (QED) is 0.429. The third-order valence-corrected chi connectivity index (χ3v) is 5.40. The van der Waals surface area contributed by atoms with Crippen LogP contribution in [0.1, 0.15) is 6.92 Å². The fraction of sp³-hybridized carbons (Fsp3) is 0.0526. The second-order valence-corrected chi connectivity index (χ2v) is 8.37. The van der Waals surface area contributed by atoms with Gasteiger partial charge in [-0.3, -0.25) is 19.5 Å². The summed E-state index contributed by atoms with van der Waals surface area (Å²) >= 11 is 12.2. The maximum atomic E-state index is 12.8. The molecule has 3 aromatic rings. The molecule has 1 aromatic heterocycles. The topological polar surface area (TPSA) is 94.6 Å². The second-order valence-electron chi connectivity index (χ2n) is 5.82. The lowest BCUT2D eigenvalue weighted by Gasteiger charge is -2.15. The number of aromatic nitrogens is 1. The molecule has 7 nitrogen and oxygen atoms in total. The molecule has 0 radical (unpaired) electrons. The van der Waals surface area contributed by atoms with Gasteiger partial charge in [-0.25, -0.2) is 13.2 Å². The van der Waals surface area contributed by atoms with Crippen molar-refractivity contribution < 1.29 is 23.0 Å². The zero-order valence-electron chi connectivity index (χ0n) is 14.9.